The molecule has 1 saturated carbocycles. The van der Waals surface area contributed by atoms with E-state index < -0.39 is 0 Å². The number of carbonyl (C=O) groups excluding carboxylic acids is 1. The van der Waals surface area contributed by atoms with Crippen molar-refractivity contribution < 1.29 is 4.79 Å². The molecule has 0 atom stereocenters. The quantitative estimate of drug-likeness (QED) is 0.538. The highest BCUT2D eigenvalue weighted by atomic mass is 16.2. The summed E-state index contributed by atoms with van der Waals surface area (Å²) in [4.78, 5) is 19.8. The van der Waals surface area contributed by atoms with Gasteiger partial charge in [0, 0.05) is 12.2 Å². The van der Waals surface area contributed by atoms with Crippen LogP contribution >= 0.6 is 0 Å². The lowest BCUT2D eigenvalue weighted by Crippen LogP contribution is -2.33. The number of para-hydroxylation sites is 1. The number of hydrogen-bond acceptors (Lipinski definition) is 3. The largest absolute Gasteiger partial charge is 0.330 e. The Morgan fingerprint density at radius 2 is 1.89 bits per heavy atom. The van der Waals surface area contributed by atoms with Gasteiger partial charge in [0.15, 0.2) is 0 Å². The Balaban J connectivity index is 1.46. The fourth-order valence-electron chi connectivity index (χ4n) is 3.63. The molecule has 140 valence electrons. The summed E-state index contributed by atoms with van der Waals surface area (Å²) in [6, 6.07) is 16.1. The summed E-state index contributed by atoms with van der Waals surface area (Å²) >= 11 is 0. The summed E-state index contributed by atoms with van der Waals surface area (Å²) in [6.07, 6.45) is 7.64. The molecule has 1 fully saturated rings. The second-order valence-electron chi connectivity index (χ2n) is 7.23. The Labute approximate surface area is 163 Å². The van der Waals surface area contributed by atoms with Crippen LogP contribution < -0.4 is 0 Å². The third-order valence-electron chi connectivity index (χ3n) is 5.32. The van der Waals surface area contributed by atoms with Crippen LogP contribution in [0.4, 0.5) is 0 Å². The highest BCUT2D eigenvalue weighted by Gasteiger charge is 2.35. The molecule has 6 nitrogen and oxygen atoms in total. The van der Waals surface area contributed by atoms with Crippen LogP contribution in [0.3, 0.4) is 0 Å². The number of aromatic nitrogens is 4. The Hall–Kier alpha value is -3.41. The standard InChI is InChI=1S/C22H21N5O/c1-16-20(14-24-27(16)18-7-3-2-4-8-18)22(28)26(17-10-11-17)15-19-13-23-21-9-5-6-12-25(19)21/h2-9,12-14,17H,10-11,15H2,1H3. The van der Waals surface area contributed by atoms with Gasteiger partial charge in [0.25, 0.3) is 5.91 Å². The van der Waals surface area contributed by atoms with Crippen molar-refractivity contribution in [3.63, 3.8) is 0 Å². The van der Waals surface area contributed by atoms with Gasteiger partial charge in [-0.05, 0) is 44.0 Å². The lowest BCUT2D eigenvalue weighted by Gasteiger charge is -2.22. The normalized spacial score (nSPS) is 13.8. The maximum atomic E-state index is 13.4. The van der Waals surface area contributed by atoms with Gasteiger partial charge >= 0.3 is 0 Å². The molecular formula is C22H21N5O. The molecule has 3 aromatic heterocycles. The van der Waals surface area contributed by atoms with E-state index in [-0.39, 0.29) is 5.91 Å². The minimum absolute atomic E-state index is 0.0352. The van der Waals surface area contributed by atoms with Gasteiger partial charge in [-0.3, -0.25) is 4.79 Å². The molecule has 0 N–H and O–H groups in total. The van der Waals surface area contributed by atoms with Crippen LogP contribution in [0.2, 0.25) is 0 Å². The fourth-order valence-corrected chi connectivity index (χ4v) is 3.63. The van der Waals surface area contributed by atoms with Crippen molar-refractivity contribution in [1.29, 1.82) is 0 Å². The van der Waals surface area contributed by atoms with Gasteiger partial charge in [0.2, 0.25) is 0 Å². The Kier molecular flexibility index (Phi) is 3.97. The van der Waals surface area contributed by atoms with Crippen molar-refractivity contribution in [2.75, 3.05) is 0 Å². The van der Waals surface area contributed by atoms with E-state index in [1.165, 1.54) is 0 Å². The summed E-state index contributed by atoms with van der Waals surface area (Å²) in [5, 5.41) is 4.47. The summed E-state index contributed by atoms with van der Waals surface area (Å²) in [7, 11) is 0. The number of nitrogens with zero attached hydrogens (tertiary/aromatic N) is 5. The first-order valence-electron chi connectivity index (χ1n) is 9.54. The van der Waals surface area contributed by atoms with E-state index in [2.05, 4.69) is 10.1 Å². The fraction of sp³-hybridized carbons (Fsp3) is 0.227. The first-order chi connectivity index (χ1) is 13.7. The maximum absolute atomic E-state index is 13.4. The number of rotatable bonds is 5. The molecule has 0 radical (unpaired) electrons. The third-order valence-corrected chi connectivity index (χ3v) is 5.32. The average molecular weight is 371 g/mol. The van der Waals surface area contributed by atoms with Crippen molar-refractivity contribution >= 4 is 11.6 Å². The summed E-state index contributed by atoms with van der Waals surface area (Å²) in [6.45, 7) is 2.50. The molecule has 1 amide bonds. The summed E-state index contributed by atoms with van der Waals surface area (Å²) < 4.78 is 3.87. The molecule has 1 aromatic carbocycles. The van der Waals surface area contributed by atoms with E-state index in [1.807, 2.05) is 81.8 Å². The van der Waals surface area contributed by atoms with Crippen LogP contribution in [0.1, 0.15) is 34.6 Å². The molecule has 1 aliphatic carbocycles. The number of imidazole rings is 1. The topological polar surface area (TPSA) is 55.4 Å². The highest BCUT2D eigenvalue weighted by Crippen LogP contribution is 2.30. The monoisotopic (exact) mass is 371 g/mol. The first-order valence-corrected chi connectivity index (χ1v) is 9.54. The number of benzene rings is 1. The molecule has 0 aliphatic heterocycles. The lowest BCUT2D eigenvalue weighted by atomic mass is 10.2. The molecule has 28 heavy (non-hydrogen) atoms. The molecule has 4 aromatic rings. The van der Waals surface area contributed by atoms with Crippen molar-refractivity contribution in [1.82, 2.24) is 24.1 Å². The van der Waals surface area contributed by atoms with Crippen molar-refractivity contribution in [3.8, 4) is 5.69 Å². The molecular weight excluding hydrogens is 350 g/mol. The number of hydrogen-bond donors (Lipinski definition) is 0. The van der Waals surface area contributed by atoms with Crippen LogP contribution in [0.15, 0.2) is 67.1 Å². The Morgan fingerprint density at radius 3 is 2.68 bits per heavy atom. The number of carbonyl (C=O) groups is 1. The SMILES string of the molecule is Cc1c(C(=O)N(Cc2cnc3ccccn23)C2CC2)cnn1-c1ccccc1. The van der Waals surface area contributed by atoms with Gasteiger partial charge < -0.3 is 9.30 Å². The minimum Gasteiger partial charge on any atom is -0.330 e. The van der Waals surface area contributed by atoms with Crippen molar-refractivity contribution in [3.05, 3.63) is 84.1 Å². The van der Waals surface area contributed by atoms with Crippen molar-refractivity contribution in [2.45, 2.75) is 32.4 Å². The van der Waals surface area contributed by atoms with Crippen LogP contribution in [-0.2, 0) is 6.54 Å². The minimum atomic E-state index is 0.0352. The van der Waals surface area contributed by atoms with Gasteiger partial charge in [0.05, 0.1) is 41.6 Å². The molecule has 0 bridgehead atoms. The van der Waals surface area contributed by atoms with E-state index in [1.54, 1.807) is 6.20 Å². The van der Waals surface area contributed by atoms with E-state index in [4.69, 9.17) is 0 Å². The van der Waals surface area contributed by atoms with E-state index >= 15 is 0 Å². The zero-order valence-electron chi connectivity index (χ0n) is 15.7. The van der Waals surface area contributed by atoms with Gasteiger partial charge in [0.1, 0.15) is 5.65 Å². The van der Waals surface area contributed by atoms with Crippen LogP contribution in [0, 0.1) is 6.92 Å². The van der Waals surface area contributed by atoms with Gasteiger partial charge in [-0.25, -0.2) is 9.67 Å². The second-order valence-corrected chi connectivity index (χ2v) is 7.23. The average Bonchev–Trinajstić information content (AvgIpc) is 3.38. The molecule has 0 spiro atoms. The highest BCUT2D eigenvalue weighted by molar-refractivity contribution is 5.95. The van der Waals surface area contributed by atoms with Gasteiger partial charge in [-0.15, -0.1) is 0 Å². The smallest absolute Gasteiger partial charge is 0.257 e. The van der Waals surface area contributed by atoms with Crippen LogP contribution in [0.25, 0.3) is 11.3 Å². The predicted molar refractivity (Wildman–Crippen MR) is 106 cm³/mol. The summed E-state index contributed by atoms with van der Waals surface area (Å²) in [5.74, 6) is 0.0352. The van der Waals surface area contributed by atoms with Gasteiger partial charge in [-0.2, -0.15) is 5.10 Å². The molecule has 5 rings (SSSR count). The van der Waals surface area contributed by atoms with Crippen LogP contribution in [-0.4, -0.2) is 36.0 Å². The molecule has 6 heteroatoms. The van der Waals surface area contributed by atoms with Gasteiger partial charge in [-0.1, -0.05) is 24.3 Å². The second kappa shape index (κ2) is 6.64. The molecule has 0 unspecified atom stereocenters. The molecule has 1 aliphatic rings. The van der Waals surface area contributed by atoms with E-state index in [0.717, 1.165) is 35.6 Å². The van der Waals surface area contributed by atoms with Crippen molar-refractivity contribution in [2.24, 2.45) is 0 Å². The molecule has 3 heterocycles. The van der Waals surface area contributed by atoms with E-state index in [0.29, 0.717) is 18.2 Å². The number of fused-ring (bicyclic) bond motifs is 1. The van der Waals surface area contributed by atoms with Crippen LogP contribution in [0.5, 0.6) is 0 Å². The molecule has 0 saturated heterocycles. The maximum Gasteiger partial charge on any atom is 0.257 e. The Morgan fingerprint density at radius 1 is 1.11 bits per heavy atom. The summed E-state index contributed by atoms with van der Waals surface area (Å²) in [5.41, 5.74) is 4.39. The third kappa shape index (κ3) is 2.87. The van der Waals surface area contributed by atoms with E-state index in [9.17, 15) is 4.79 Å². The zero-order chi connectivity index (χ0) is 19.1. The number of amides is 1. The first kappa shape index (κ1) is 16.7. The predicted octanol–water partition coefficient (Wildman–Crippen LogP) is 3.63. The zero-order valence-corrected chi connectivity index (χ0v) is 15.7. The lowest BCUT2D eigenvalue weighted by molar-refractivity contribution is 0.0726. The number of pyridine rings is 1. The Bertz CT molecular complexity index is 1140.